The van der Waals surface area contributed by atoms with Crippen LogP contribution in [0.15, 0.2) is 33.0 Å². The number of amides is 1. The van der Waals surface area contributed by atoms with E-state index < -0.39 is 5.54 Å². The van der Waals surface area contributed by atoms with E-state index in [1.54, 1.807) is 0 Å². The van der Waals surface area contributed by atoms with E-state index >= 15 is 0 Å². The molecule has 1 unspecified atom stereocenters. The van der Waals surface area contributed by atoms with E-state index in [1.807, 2.05) is 13.0 Å². The van der Waals surface area contributed by atoms with E-state index in [0.29, 0.717) is 6.42 Å². The lowest BCUT2D eigenvalue weighted by Gasteiger charge is -2.29. The molecule has 3 heterocycles. The van der Waals surface area contributed by atoms with Crippen LogP contribution in [0.2, 0.25) is 0 Å². The molecule has 28 heavy (non-hydrogen) atoms. The van der Waals surface area contributed by atoms with Gasteiger partial charge in [-0.3, -0.25) is 14.8 Å². The summed E-state index contributed by atoms with van der Waals surface area (Å²) in [5.41, 5.74) is 3.85. The number of hydrogen-bond acceptors (Lipinski definition) is 4. The van der Waals surface area contributed by atoms with Crippen LogP contribution in [0.5, 0.6) is 0 Å². The average Bonchev–Trinajstić information content (AvgIpc) is 3.08. The molecule has 0 radical (unpaired) electrons. The normalized spacial score (nSPS) is 33.4. The van der Waals surface area contributed by atoms with Crippen molar-refractivity contribution < 1.29 is 4.79 Å². The Labute approximate surface area is 168 Å². The van der Waals surface area contributed by atoms with Crippen LogP contribution in [0.1, 0.15) is 74.7 Å². The Morgan fingerprint density at radius 1 is 1.07 bits per heavy atom. The highest BCUT2D eigenvalue weighted by molar-refractivity contribution is 6.05. The number of carbonyl (C=O) groups is 1. The molecule has 0 aliphatic carbocycles. The van der Waals surface area contributed by atoms with Gasteiger partial charge in [-0.05, 0) is 31.9 Å². The van der Waals surface area contributed by atoms with Gasteiger partial charge in [0, 0.05) is 46.2 Å². The maximum absolute atomic E-state index is 11.8. The number of nitriles is 1. The zero-order chi connectivity index (χ0) is 21.1. The highest BCUT2D eigenvalue weighted by Gasteiger charge is 2.48. The maximum Gasteiger partial charge on any atom is 0.225 e. The van der Waals surface area contributed by atoms with Gasteiger partial charge in [0.15, 0.2) is 0 Å². The Kier molecular flexibility index (Phi) is 4.50. The van der Waals surface area contributed by atoms with Crippen LogP contribution >= 0.6 is 0 Å². The van der Waals surface area contributed by atoms with Crippen molar-refractivity contribution in [1.29, 1.82) is 5.26 Å². The summed E-state index contributed by atoms with van der Waals surface area (Å²) in [4.78, 5) is 21.6. The summed E-state index contributed by atoms with van der Waals surface area (Å²) >= 11 is 0. The third-order valence-electron chi connectivity index (χ3n) is 6.73. The summed E-state index contributed by atoms with van der Waals surface area (Å²) in [6.45, 7) is 16.8. The first-order valence-corrected chi connectivity index (χ1v) is 10.0. The zero-order valence-corrected chi connectivity index (χ0v) is 18.4. The summed E-state index contributed by atoms with van der Waals surface area (Å²) in [5, 5.41) is 12.6. The van der Waals surface area contributed by atoms with Gasteiger partial charge in [0.25, 0.3) is 0 Å². The third kappa shape index (κ3) is 3.23. The maximum atomic E-state index is 11.8. The Morgan fingerprint density at radius 2 is 1.71 bits per heavy atom. The summed E-state index contributed by atoms with van der Waals surface area (Å²) in [6.07, 6.45) is 4.15. The fraction of sp³-hybridized carbons (Fsp3) is 0.652. The number of rotatable bonds is 2. The SMILES string of the molecule is C/C(C1=NC(C)(C#N)C(C)(C)C1)=C1N=C(/C=C2/NC(=O)CC2(C)C)CC/1(C)C. The second-order valence-electron chi connectivity index (χ2n) is 10.6. The minimum atomic E-state index is -0.709. The van der Waals surface area contributed by atoms with Crippen LogP contribution in [0, 0.1) is 27.6 Å². The molecule has 0 aromatic heterocycles. The largest absolute Gasteiger partial charge is 0.329 e. The second kappa shape index (κ2) is 6.14. The van der Waals surface area contributed by atoms with Crippen molar-refractivity contribution in [2.75, 3.05) is 0 Å². The zero-order valence-electron chi connectivity index (χ0n) is 18.4. The predicted molar refractivity (Wildman–Crippen MR) is 113 cm³/mol. The van der Waals surface area contributed by atoms with Gasteiger partial charge in [-0.2, -0.15) is 5.26 Å². The van der Waals surface area contributed by atoms with Crippen LogP contribution in [0.25, 0.3) is 0 Å². The van der Waals surface area contributed by atoms with Gasteiger partial charge in [0.2, 0.25) is 5.91 Å². The van der Waals surface area contributed by atoms with E-state index in [4.69, 9.17) is 9.98 Å². The molecule has 3 rings (SSSR count). The monoisotopic (exact) mass is 380 g/mol. The Morgan fingerprint density at radius 3 is 2.21 bits per heavy atom. The Balaban J connectivity index is 2.01. The molecular weight excluding hydrogens is 348 g/mol. The minimum Gasteiger partial charge on any atom is -0.329 e. The molecule has 0 saturated carbocycles. The first-order valence-electron chi connectivity index (χ1n) is 10.0. The van der Waals surface area contributed by atoms with Crippen LogP contribution in [-0.2, 0) is 4.79 Å². The summed E-state index contributed by atoms with van der Waals surface area (Å²) in [7, 11) is 0. The van der Waals surface area contributed by atoms with Crippen LogP contribution in [-0.4, -0.2) is 22.9 Å². The van der Waals surface area contributed by atoms with Gasteiger partial charge in [0.05, 0.1) is 11.8 Å². The van der Waals surface area contributed by atoms with Gasteiger partial charge in [-0.25, -0.2) is 0 Å². The quantitative estimate of drug-likeness (QED) is 0.753. The molecule has 0 aromatic carbocycles. The van der Waals surface area contributed by atoms with Crippen molar-refractivity contribution in [1.82, 2.24) is 5.32 Å². The van der Waals surface area contributed by atoms with Crippen molar-refractivity contribution in [3.05, 3.63) is 23.0 Å². The first kappa shape index (κ1) is 20.5. The van der Waals surface area contributed by atoms with Gasteiger partial charge >= 0.3 is 0 Å². The van der Waals surface area contributed by atoms with E-state index in [2.05, 4.69) is 59.9 Å². The van der Waals surface area contributed by atoms with Crippen LogP contribution < -0.4 is 5.32 Å². The van der Waals surface area contributed by atoms with Crippen molar-refractivity contribution in [2.45, 2.75) is 80.2 Å². The van der Waals surface area contributed by atoms with E-state index in [0.717, 1.165) is 41.2 Å². The molecular formula is C23H32N4O. The number of hydrogen-bond donors (Lipinski definition) is 1. The lowest BCUT2D eigenvalue weighted by molar-refractivity contribution is -0.119. The molecule has 1 saturated heterocycles. The molecule has 3 aliphatic heterocycles. The summed E-state index contributed by atoms with van der Waals surface area (Å²) in [6, 6.07) is 2.40. The van der Waals surface area contributed by atoms with Crippen molar-refractivity contribution in [3.63, 3.8) is 0 Å². The number of aliphatic imine (C=N–C) groups is 2. The fourth-order valence-corrected chi connectivity index (χ4v) is 4.38. The standard InChI is InChI=1S/C23H32N4O/c1-14(16-11-22(6,7)23(8,13-24)27-16)19-21(4,5)10-15(25-19)9-17-20(2,3)12-18(28)26-17/h9H,10-12H2,1-8H3,(H,26,28)/b17-9+,19-14-. The Bertz CT molecular complexity index is 905. The number of allylic oxidation sites excluding steroid dienone is 4. The van der Waals surface area contributed by atoms with Gasteiger partial charge in [-0.15, -0.1) is 0 Å². The lowest BCUT2D eigenvalue weighted by atomic mass is 9.73. The molecule has 1 amide bonds. The van der Waals surface area contributed by atoms with Crippen molar-refractivity contribution in [3.8, 4) is 6.07 Å². The fourth-order valence-electron chi connectivity index (χ4n) is 4.38. The predicted octanol–water partition coefficient (Wildman–Crippen LogP) is 4.71. The first-order chi connectivity index (χ1) is 12.7. The van der Waals surface area contributed by atoms with Gasteiger partial charge in [-0.1, -0.05) is 41.5 Å². The number of carbonyl (C=O) groups excluding carboxylic acids is 1. The van der Waals surface area contributed by atoms with Crippen molar-refractivity contribution >= 4 is 17.3 Å². The Hall–Kier alpha value is -2.22. The molecule has 1 atom stereocenters. The topological polar surface area (TPSA) is 77.6 Å². The highest BCUT2D eigenvalue weighted by atomic mass is 16.2. The van der Waals surface area contributed by atoms with E-state index in [1.165, 1.54) is 0 Å². The van der Waals surface area contributed by atoms with Crippen LogP contribution in [0.3, 0.4) is 0 Å². The lowest BCUT2D eigenvalue weighted by Crippen LogP contribution is -2.34. The smallest absolute Gasteiger partial charge is 0.225 e. The molecule has 0 spiro atoms. The third-order valence-corrected chi connectivity index (χ3v) is 6.73. The van der Waals surface area contributed by atoms with E-state index in [9.17, 15) is 10.1 Å². The molecule has 5 heteroatoms. The molecule has 3 aliphatic rings. The summed E-state index contributed by atoms with van der Waals surface area (Å²) in [5.74, 6) is 0.0689. The molecule has 1 fully saturated rings. The molecule has 5 nitrogen and oxygen atoms in total. The molecule has 1 N–H and O–H groups in total. The average molecular weight is 381 g/mol. The van der Waals surface area contributed by atoms with E-state index in [-0.39, 0.29) is 22.2 Å². The minimum absolute atomic E-state index is 0.0689. The molecule has 0 aromatic rings. The number of nitrogens with one attached hydrogen (secondary N) is 1. The molecule has 150 valence electrons. The van der Waals surface area contributed by atoms with Gasteiger partial charge < -0.3 is 5.32 Å². The molecule has 0 bridgehead atoms. The van der Waals surface area contributed by atoms with Crippen molar-refractivity contribution in [2.24, 2.45) is 26.2 Å². The summed E-state index contributed by atoms with van der Waals surface area (Å²) < 4.78 is 0. The highest BCUT2D eigenvalue weighted by Crippen LogP contribution is 2.47. The van der Waals surface area contributed by atoms with Crippen LogP contribution in [0.4, 0.5) is 0 Å². The second-order valence-corrected chi connectivity index (χ2v) is 10.6. The van der Waals surface area contributed by atoms with Gasteiger partial charge in [0.1, 0.15) is 5.54 Å². The number of nitrogens with zero attached hydrogens (tertiary/aromatic N) is 3.